The number of anilines is 1. The van der Waals surface area contributed by atoms with Gasteiger partial charge in [0.2, 0.25) is 11.7 Å². The molecule has 2 aromatic carbocycles. The average Bonchev–Trinajstić information content (AvgIpc) is 2.74. The number of carbonyl (C=O) groups is 1. The molecule has 2 rings (SSSR count). The minimum absolute atomic E-state index is 0.0285. The number of carbonyl (C=O) groups excluding carboxylic acids is 1. The smallest absolute Gasteiger partial charge is 0.269 e. The fourth-order valence-electron chi connectivity index (χ4n) is 2.52. The number of hydrogen-bond donors (Lipinski definition) is 2. The van der Waals surface area contributed by atoms with E-state index in [1.54, 1.807) is 30.3 Å². The van der Waals surface area contributed by atoms with Crippen LogP contribution in [0.2, 0.25) is 0 Å². The third kappa shape index (κ3) is 6.13. The molecule has 0 atom stereocenters. The zero-order valence-corrected chi connectivity index (χ0v) is 16.4. The minimum atomic E-state index is -0.454. The number of hydrogen-bond acceptors (Lipinski definition) is 7. The molecule has 9 nitrogen and oxygen atoms in total. The van der Waals surface area contributed by atoms with E-state index in [1.165, 1.54) is 39.5 Å². The first-order valence-corrected chi connectivity index (χ1v) is 8.72. The van der Waals surface area contributed by atoms with E-state index in [1.807, 2.05) is 0 Å². The lowest BCUT2D eigenvalue weighted by Gasteiger charge is -2.12. The maximum atomic E-state index is 12.0. The van der Waals surface area contributed by atoms with Crippen molar-refractivity contribution in [1.29, 1.82) is 0 Å². The quantitative estimate of drug-likeness (QED) is 0.272. The van der Waals surface area contributed by atoms with Gasteiger partial charge in [-0.1, -0.05) is 0 Å². The second kappa shape index (κ2) is 10.5. The number of nitro benzene ring substituents is 1. The number of amides is 1. The summed E-state index contributed by atoms with van der Waals surface area (Å²) in [5.41, 5.74) is 1.48. The molecule has 0 aliphatic heterocycles. The van der Waals surface area contributed by atoms with E-state index in [0.29, 0.717) is 30.3 Å². The summed E-state index contributed by atoms with van der Waals surface area (Å²) in [6, 6.07) is 9.54. The summed E-state index contributed by atoms with van der Waals surface area (Å²) in [4.78, 5) is 22.2. The molecule has 0 spiro atoms. The highest BCUT2D eigenvalue weighted by Gasteiger charge is 2.12. The second-order valence-electron chi connectivity index (χ2n) is 5.81. The van der Waals surface area contributed by atoms with E-state index < -0.39 is 4.92 Å². The fraction of sp³-hybridized carbons (Fsp3) is 0.250. The van der Waals surface area contributed by atoms with Crippen molar-refractivity contribution >= 4 is 23.4 Å². The number of benzene rings is 2. The van der Waals surface area contributed by atoms with Crippen LogP contribution < -0.4 is 24.8 Å². The van der Waals surface area contributed by atoms with Gasteiger partial charge in [-0.05, 0) is 35.9 Å². The molecule has 0 unspecified atom stereocenters. The highest BCUT2D eigenvalue weighted by atomic mass is 16.6. The predicted molar refractivity (Wildman–Crippen MR) is 110 cm³/mol. The number of methoxy groups -OCH3 is 3. The van der Waals surface area contributed by atoms with Crippen molar-refractivity contribution in [2.24, 2.45) is 0 Å². The van der Waals surface area contributed by atoms with Gasteiger partial charge in [0, 0.05) is 37.0 Å². The van der Waals surface area contributed by atoms with Crippen LogP contribution in [0.4, 0.5) is 11.4 Å². The first kappa shape index (κ1) is 21.5. The minimum Gasteiger partial charge on any atom is -0.493 e. The molecule has 2 aromatic rings. The number of rotatable bonds is 10. The molecule has 0 radical (unpaired) electrons. The van der Waals surface area contributed by atoms with Gasteiger partial charge in [-0.15, -0.1) is 0 Å². The van der Waals surface area contributed by atoms with Crippen LogP contribution in [0.5, 0.6) is 17.2 Å². The van der Waals surface area contributed by atoms with E-state index >= 15 is 0 Å². The summed E-state index contributed by atoms with van der Waals surface area (Å²) in [5, 5.41) is 16.4. The van der Waals surface area contributed by atoms with Crippen LogP contribution in [-0.4, -0.2) is 45.2 Å². The maximum absolute atomic E-state index is 12.0. The summed E-state index contributed by atoms with van der Waals surface area (Å²) < 4.78 is 15.8. The van der Waals surface area contributed by atoms with Gasteiger partial charge in [-0.3, -0.25) is 14.9 Å². The molecular weight excluding hydrogens is 378 g/mol. The van der Waals surface area contributed by atoms with Gasteiger partial charge in [-0.25, -0.2) is 0 Å². The van der Waals surface area contributed by atoms with Gasteiger partial charge in [-0.2, -0.15) is 0 Å². The summed E-state index contributed by atoms with van der Waals surface area (Å²) in [6.45, 7) is 0.858. The molecule has 9 heteroatoms. The SMILES string of the molecule is COc1cc(/C=C/C(=O)NCCNc2ccc([N+](=O)[O-])cc2)cc(OC)c1OC. The van der Waals surface area contributed by atoms with Crippen molar-refractivity contribution in [3.05, 3.63) is 58.2 Å². The first-order valence-electron chi connectivity index (χ1n) is 8.72. The average molecular weight is 401 g/mol. The Labute approximate surface area is 168 Å². The van der Waals surface area contributed by atoms with Crippen LogP contribution in [-0.2, 0) is 4.79 Å². The third-order valence-corrected chi connectivity index (χ3v) is 3.95. The van der Waals surface area contributed by atoms with E-state index in [-0.39, 0.29) is 11.6 Å². The van der Waals surface area contributed by atoms with Crippen molar-refractivity contribution in [2.75, 3.05) is 39.7 Å². The Morgan fingerprint density at radius 1 is 1.03 bits per heavy atom. The third-order valence-electron chi connectivity index (χ3n) is 3.95. The molecule has 0 heterocycles. The summed E-state index contributed by atoms with van der Waals surface area (Å²) in [7, 11) is 4.57. The first-order chi connectivity index (χ1) is 14.0. The van der Waals surface area contributed by atoms with Gasteiger partial charge >= 0.3 is 0 Å². The molecular formula is C20H23N3O6. The lowest BCUT2D eigenvalue weighted by atomic mass is 10.1. The Bertz CT molecular complexity index is 855. The van der Waals surface area contributed by atoms with E-state index in [0.717, 1.165) is 11.3 Å². The standard InChI is InChI=1S/C20H23N3O6/c1-27-17-12-14(13-18(28-2)20(17)29-3)4-9-19(24)22-11-10-21-15-5-7-16(8-6-15)23(25)26/h4-9,12-13,21H,10-11H2,1-3H3,(H,22,24)/b9-4+. The molecule has 29 heavy (non-hydrogen) atoms. The molecule has 0 aliphatic rings. The van der Waals surface area contributed by atoms with Crippen LogP contribution in [0.15, 0.2) is 42.5 Å². The van der Waals surface area contributed by atoms with Crippen LogP contribution in [0.25, 0.3) is 6.08 Å². The predicted octanol–water partition coefficient (Wildman–Crippen LogP) is 2.86. The van der Waals surface area contributed by atoms with Gasteiger partial charge in [0.15, 0.2) is 11.5 Å². The second-order valence-corrected chi connectivity index (χ2v) is 5.81. The normalized spacial score (nSPS) is 10.4. The number of non-ortho nitro benzene ring substituents is 1. The van der Waals surface area contributed by atoms with Gasteiger partial charge < -0.3 is 24.8 Å². The summed E-state index contributed by atoms with van der Waals surface area (Å²) >= 11 is 0. The topological polar surface area (TPSA) is 112 Å². The molecule has 1 amide bonds. The Morgan fingerprint density at radius 3 is 2.17 bits per heavy atom. The molecule has 0 bridgehead atoms. The molecule has 0 saturated heterocycles. The zero-order valence-electron chi connectivity index (χ0n) is 16.4. The number of nitro groups is 1. The molecule has 0 saturated carbocycles. The highest BCUT2D eigenvalue weighted by Crippen LogP contribution is 2.38. The number of nitrogens with zero attached hydrogens (tertiary/aromatic N) is 1. The van der Waals surface area contributed by atoms with Crippen molar-refractivity contribution in [2.45, 2.75) is 0 Å². The summed E-state index contributed by atoms with van der Waals surface area (Å²) in [6.07, 6.45) is 3.05. The van der Waals surface area contributed by atoms with Crippen LogP contribution in [0, 0.1) is 10.1 Å². The number of ether oxygens (including phenoxy) is 3. The van der Waals surface area contributed by atoms with Crippen molar-refractivity contribution in [3.8, 4) is 17.2 Å². The lowest BCUT2D eigenvalue weighted by Crippen LogP contribution is -2.27. The number of nitrogens with one attached hydrogen (secondary N) is 2. The van der Waals surface area contributed by atoms with Gasteiger partial charge in [0.05, 0.1) is 26.3 Å². The Morgan fingerprint density at radius 2 is 1.66 bits per heavy atom. The van der Waals surface area contributed by atoms with E-state index in [9.17, 15) is 14.9 Å². The maximum Gasteiger partial charge on any atom is 0.269 e. The Hall–Kier alpha value is -3.75. The van der Waals surface area contributed by atoms with Crippen LogP contribution >= 0.6 is 0 Å². The highest BCUT2D eigenvalue weighted by molar-refractivity contribution is 5.91. The zero-order chi connectivity index (χ0) is 21.2. The van der Waals surface area contributed by atoms with Gasteiger partial charge in [0.1, 0.15) is 0 Å². The molecule has 0 fully saturated rings. The van der Waals surface area contributed by atoms with Crippen molar-refractivity contribution in [1.82, 2.24) is 5.32 Å². The van der Waals surface area contributed by atoms with Gasteiger partial charge in [0.25, 0.3) is 5.69 Å². The molecule has 154 valence electrons. The summed E-state index contributed by atoms with van der Waals surface area (Å²) in [5.74, 6) is 1.22. The van der Waals surface area contributed by atoms with E-state index in [4.69, 9.17) is 14.2 Å². The molecule has 0 aromatic heterocycles. The monoisotopic (exact) mass is 401 g/mol. The lowest BCUT2D eigenvalue weighted by molar-refractivity contribution is -0.384. The van der Waals surface area contributed by atoms with Crippen molar-refractivity contribution in [3.63, 3.8) is 0 Å². The largest absolute Gasteiger partial charge is 0.493 e. The van der Waals surface area contributed by atoms with Crippen molar-refractivity contribution < 1.29 is 23.9 Å². The Balaban J connectivity index is 1.86. The Kier molecular flexibility index (Phi) is 7.84. The van der Waals surface area contributed by atoms with Crippen LogP contribution in [0.3, 0.4) is 0 Å². The van der Waals surface area contributed by atoms with Crippen LogP contribution in [0.1, 0.15) is 5.56 Å². The fourth-order valence-corrected chi connectivity index (χ4v) is 2.52. The molecule has 0 aliphatic carbocycles. The van der Waals surface area contributed by atoms with E-state index in [2.05, 4.69) is 10.6 Å². The molecule has 2 N–H and O–H groups in total.